The van der Waals surface area contributed by atoms with Crippen LogP contribution in [-0.4, -0.2) is 35.4 Å². The SMILES string of the molecule is CCCOc1ccc(/C(O)=C2\C(=O)C(=O)N(Cc3ccccc3OC)C2c2ccccc2)cc1. The van der Waals surface area contributed by atoms with Gasteiger partial charge < -0.3 is 19.5 Å². The highest BCUT2D eigenvalue weighted by molar-refractivity contribution is 6.46. The molecule has 34 heavy (non-hydrogen) atoms. The topological polar surface area (TPSA) is 76.1 Å². The van der Waals surface area contributed by atoms with Crippen LogP contribution in [0.4, 0.5) is 0 Å². The zero-order chi connectivity index (χ0) is 24.1. The summed E-state index contributed by atoms with van der Waals surface area (Å²) in [5.41, 5.74) is 2.01. The second-order valence-corrected chi connectivity index (χ2v) is 8.02. The Labute approximate surface area is 199 Å². The van der Waals surface area contributed by atoms with E-state index in [0.717, 1.165) is 17.5 Å². The fourth-order valence-corrected chi connectivity index (χ4v) is 4.13. The zero-order valence-corrected chi connectivity index (χ0v) is 19.2. The van der Waals surface area contributed by atoms with Crippen LogP contribution >= 0.6 is 0 Å². The average Bonchev–Trinajstić information content (AvgIpc) is 3.13. The highest BCUT2D eigenvalue weighted by Gasteiger charge is 2.46. The van der Waals surface area contributed by atoms with Crippen molar-refractivity contribution in [2.75, 3.05) is 13.7 Å². The molecule has 6 nitrogen and oxygen atoms in total. The molecule has 0 aliphatic carbocycles. The van der Waals surface area contributed by atoms with E-state index in [4.69, 9.17) is 9.47 Å². The number of methoxy groups -OCH3 is 1. The van der Waals surface area contributed by atoms with Gasteiger partial charge in [0.1, 0.15) is 17.3 Å². The molecule has 0 aromatic heterocycles. The minimum atomic E-state index is -0.734. The first-order valence-corrected chi connectivity index (χ1v) is 11.2. The third-order valence-electron chi connectivity index (χ3n) is 5.79. The number of para-hydroxylation sites is 1. The molecule has 6 heteroatoms. The summed E-state index contributed by atoms with van der Waals surface area (Å²) in [4.78, 5) is 27.9. The summed E-state index contributed by atoms with van der Waals surface area (Å²) in [7, 11) is 1.56. The van der Waals surface area contributed by atoms with Crippen LogP contribution in [0.1, 0.15) is 36.1 Å². The highest BCUT2D eigenvalue weighted by atomic mass is 16.5. The van der Waals surface area contributed by atoms with Gasteiger partial charge in [-0.25, -0.2) is 0 Å². The molecule has 1 fully saturated rings. The van der Waals surface area contributed by atoms with E-state index in [9.17, 15) is 14.7 Å². The maximum absolute atomic E-state index is 13.2. The van der Waals surface area contributed by atoms with Gasteiger partial charge >= 0.3 is 0 Å². The standard InChI is InChI=1S/C28H27NO5/c1-3-17-34-22-15-13-20(14-16-22)26(30)24-25(19-9-5-4-6-10-19)29(28(32)27(24)31)18-21-11-7-8-12-23(21)33-2/h4-16,25,30H,3,17-18H2,1-2H3/b26-24+. The predicted molar refractivity (Wildman–Crippen MR) is 130 cm³/mol. The number of rotatable bonds is 8. The summed E-state index contributed by atoms with van der Waals surface area (Å²) in [5, 5.41) is 11.2. The van der Waals surface area contributed by atoms with Crippen molar-refractivity contribution < 1.29 is 24.2 Å². The van der Waals surface area contributed by atoms with Gasteiger partial charge in [-0.1, -0.05) is 55.5 Å². The van der Waals surface area contributed by atoms with E-state index in [1.54, 1.807) is 31.4 Å². The van der Waals surface area contributed by atoms with Crippen LogP contribution in [0.25, 0.3) is 5.76 Å². The number of aliphatic hydroxyl groups is 1. The van der Waals surface area contributed by atoms with Crippen LogP contribution < -0.4 is 9.47 Å². The average molecular weight is 458 g/mol. The third kappa shape index (κ3) is 4.53. The van der Waals surface area contributed by atoms with E-state index in [2.05, 4.69) is 0 Å². The first kappa shape index (κ1) is 23.1. The molecular formula is C28H27NO5. The van der Waals surface area contributed by atoms with Crippen molar-refractivity contribution in [3.8, 4) is 11.5 Å². The van der Waals surface area contributed by atoms with Gasteiger partial charge in [0.15, 0.2) is 0 Å². The van der Waals surface area contributed by atoms with Crippen LogP contribution in [0.15, 0.2) is 84.4 Å². The van der Waals surface area contributed by atoms with Crippen LogP contribution in [0.3, 0.4) is 0 Å². The first-order chi connectivity index (χ1) is 16.5. The Kier molecular flexibility index (Phi) is 6.97. The number of nitrogens with zero attached hydrogens (tertiary/aromatic N) is 1. The number of amides is 1. The maximum Gasteiger partial charge on any atom is 0.295 e. The van der Waals surface area contributed by atoms with Crippen LogP contribution in [0.5, 0.6) is 11.5 Å². The first-order valence-electron chi connectivity index (χ1n) is 11.2. The summed E-state index contributed by atoms with van der Waals surface area (Å²) >= 11 is 0. The van der Waals surface area contributed by atoms with E-state index < -0.39 is 17.7 Å². The fourth-order valence-electron chi connectivity index (χ4n) is 4.13. The molecule has 174 valence electrons. The summed E-state index contributed by atoms with van der Waals surface area (Å²) in [6, 6.07) is 22.8. The Balaban J connectivity index is 1.78. The van der Waals surface area contributed by atoms with E-state index >= 15 is 0 Å². The number of ether oxygens (including phenoxy) is 2. The molecule has 0 bridgehead atoms. The van der Waals surface area contributed by atoms with Gasteiger partial charge in [-0.3, -0.25) is 9.59 Å². The minimum absolute atomic E-state index is 0.0633. The van der Waals surface area contributed by atoms with Crippen molar-refractivity contribution in [1.29, 1.82) is 0 Å². The molecule has 1 heterocycles. The Hall–Kier alpha value is -4.06. The number of carbonyl (C=O) groups is 2. The maximum atomic E-state index is 13.2. The lowest BCUT2D eigenvalue weighted by Crippen LogP contribution is -2.29. The van der Waals surface area contributed by atoms with Crippen molar-refractivity contribution in [2.24, 2.45) is 0 Å². The number of carbonyl (C=O) groups excluding carboxylic acids is 2. The van der Waals surface area contributed by atoms with Crippen molar-refractivity contribution in [1.82, 2.24) is 4.90 Å². The lowest BCUT2D eigenvalue weighted by molar-refractivity contribution is -0.140. The summed E-state index contributed by atoms with van der Waals surface area (Å²) < 4.78 is 11.1. The molecule has 1 aliphatic heterocycles. The number of benzene rings is 3. The molecule has 3 aromatic carbocycles. The molecule has 1 unspecified atom stereocenters. The van der Waals surface area contributed by atoms with Gasteiger partial charge in [0, 0.05) is 11.1 Å². The molecule has 1 aliphatic rings. The van der Waals surface area contributed by atoms with Gasteiger partial charge in [0.2, 0.25) is 0 Å². The van der Waals surface area contributed by atoms with Crippen LogP contribution in [0.2, 0.25) is 0 Å². The van der Waals surface area contributed by atoms with Gasteiger partial charge in [-0.05, 0) is 42.3 Å². The van der Waals surface area contributed by atoms with Crippen LogP contribution in [-0.2, 0) is 16.1 Å². The lowest BCUT2D eigenvalue weighted by atomic mass is 9.95. The number of ketones is 1. The monoisotopic (exact) mass is 457 g/mol. The molecule has 1 saturated heterocycles. The Bertz CT molecular complexity index is 1200. The van der Waals surface area contributed by atoms with Gasteiger partial charge in [-0.2, -0.15) is 0 Å². The number of Topliss-reactive ketones (excluding diaryl/α,β-unsaturated/α-hetero) is 1. The van der Waals surface area contributed by atoms with E-state index in [0.29, 0.717) is 23.7 Å². The molecule has 4 rings (SSSR count). The van der Waals surface area contributed by atoms with Crippen molar-refractivity contribution in [3.05, 3.63) is 101 Å². The Morgan fingerprint density at radius 1 is 0.941 bits per heavy atom. The Morgan fingerprint density at radius 2 is 1.62 bits per heavy atom. The Morgan fingerprint density at radius 3 is 2.29 bits per heavy atom. The highest BCUT2D eigenvalue weighted by Crippen LogP contribution is 2.41. The molecular weight excluding hydrogens is 430 g/mol. The van der Waals surface area contributed by atoms with Crippen LogP contribution in [0, 0.1) is 0 Å². The molecule has 0 saturated carbocycles. The van der Waals surface area contributed by atoms with Crippen molar-refractivity contribution in [3.63, 3.8) is 0 Å². The molecule has 1 N–H and O–H groups in total. The number of likely N-dealkylation sites (tertiary alicyclic amines) is 1. The summed E-state index contributed by atoms with van der Waals surface area (Å²) in [6.45, 7) is 2.77. The molecule has 1 amide bonds. The smallest absolute Gasteiger partial charge is 0.295 e. The quantitative estimate of drug-likeness (QED) is 0.289. The molecule has 0 radical (unpaired) electrons. The van der Waals surface area contributed by atoms with E-state index in [1.165, 1.54) is 4.90 Å². The number of hydrogen-bond donors (Lipinski definition) is 1. The number of aliphatic hydroxyl groups excluding tert-OH is 1. The molecule has 3 aromatic rings. The zero-order valence-electron chi connectivity index (χ0n) is 19.2. The second-order valence-electron chi connectivity index (χ2n) is 8.02. The van der Waals surface area contributed by atoms with Crippen molar-refractivity contribution in [2.45, 2.75) is 25.9 Å². The summed E-state index contributed by atoms with van der Waals surface area (Å²) in [5.74, 6) is -0.290. The normalized spacial score (nSPS) is 17.1. The van der Waals surface area contributed by atoms with Gasteiger partial charge in [0.05, 0.1) is 31.9 Å². The molecule has 0 spiro atoms. The van der Waals surface area contributed by atoms with E-state index in [-0.39, 0.29) is 17.9 Å². The minimum Gasteiger partial charge on any atom is -0.507 e. The summed E-state index contributed by atoms with van der Waals surface area (Å²) in [6.07, 6.45) is 0.883. The fraction of sp³-hybridized carbons (Fsp3) is 0.214. The van der Waals surface area contributed by atoms with Gasteiger partial charge in [0.25, 0.3) is 11.7 Å². The van der Waals surface area contributed by atoms with Gasteiger partial charge in [-0.15, -0.1) is 0 Å². The number of hydrogen-bond acceptors (Lipinski definition) is 5. The third-order valence-corrected chi connectivity index (χ3v) is 5.79. The van der Waals surface area contributed by atoms with E-state index in [1.807, 2.05) is 61.5 Å². The second kappa shape index (κ2) is 10.3. The largest absolute Gasteiger partial charge is 0.507 e. The van der Waals surface area contributed by atoms with Crippen molar-refractivity contribution >= 4 is 17.4 Å². The lowest BCUT2D eigenvalue weighted by Gasteiger charge is -2.26. The molecule has 1 atom stereocenters. The predicted octanol–water partition coefficient (Wildman–Crippen LogP) is 5.11.